The highest BCUT2D eigenvalue weighted by atomic mass is 35.5. The Balaban J connectivity index is 1.68. The van der Waals surface area contributed by atoms with E-state index in [9.17, 15) is 9.59 Å². The average Bonchev–Trinajstić information content (AvgIpc) is 3.40. The van der Waals surface area contributed by atoms with Crippen LogP contribution in [-0.4, -0.2) is 68.5 Å². The molecule has 4 rings (SSSR count). The maximum atomic E-state index is 13.8. The molecule has 0 N–H and O–H groups in total. The molecule has 1 aliphatic rings. The molecular formula is C29H30ClN3O5. The fraction of sp³-hybridized carbons (Fsp3) is 0.276. The van der Waals surface area contributed by atoms with Crippen LogP contribution in [0.25, 0.3) is 0 Å². The summed E-state index contributed by atoms with van der Waals surface area (Å²) in [5, 5.41) is 6.51. The van der Waals surface area contributed by atoms with Crippen LogP contribution in [0.1, 0.15) is 33.9 Å². The standard InChI is InChI=1S/C29H30ClN3O5/c1-36-16-15-32(29(35)22-11-4-6-13-24(22)30)19-28(34)33-26(23-12-5-7-14-27(23)38-3)18-25(31-33)20-9-8-10-21(17-20)37-2/h4-14,17,26H,15-16,18-19H2,1-3H3. The first kappa shape index (κ1) is 27.2. The zero-order valence-electron chi connectivity index (χ0n) is 21.6. The molecule has 38 heavy (non-hydrogen) atoms. The molecule has 9 heteroatoms. The van der Waals surface area contributed by atoms with Gasteiger partial charge in [0, 0.05) is 31.2 Å². The van der Waals surface area contributed by atoms with Crippen LogP contribution >= 0.6 is 11.6 Å². The molecule has 3 aromatic rings. The van der Waals surface area contributed by atoms with Gasteiger partial charge >= 0.3 is 0 Å². The Morgan fingerprint density at radius 1 is 1.00 bits per heavy atom. The zero-order chi connectivity index (χ0) is 27.1. The minimum atomic E-state index is -0.417. The van der Waals surface area contributed by atoms with E-state index in [1.165, 1.54) is 9.91 Å². The molecular weight excluding hydrogens is 506 g/mol. The lowest BCUT2D eigenvalue weighted by Crippen LogP contribution is -2.42. The minimum absolute atomic E-state index is 0.200. The van der Waals surface area contributed by atoms with Crippen molar-refractivity contribution in [2.75, 3.05) is 41.0 Å². The summed E-state index contributed by atoms with van der Waals surface area (Å²) in [7, 11) is 4.75. The van der Waals surface area contributed by atoms with Crippen LogP contribution in [0.15, 0.2) is 77.9 Å². The van der Waals surface area contributed by atoms with E-state index in [-0.39, 0.29) is 31.5 Å². The maximum Gasteiger partial charge on any atom is 0.262 e. The highest BCUT2D eigenvalue weighted by Crippen LogP contribution is 2.38. The van der Waals surface area contributed by atoms with Gasteiger partial charge < -0.3 is 19.1 Å². The van der Waals surface area contributed by atoms with Crippen LogP contribution < -0.4 is 9.47 Å². The van der Waals surface area contributed by atoms with Gasteiger partial charge in [0.1, 0.15) is 18.0 Å². The lowest BCUT2D eigenvalue weighted by Gasteiger charge is -2.27. The molecule has 1 atom stereocenters. The number of hydrogen-bond acceptors (Lipinski definition) is 6. The number of hydrazone groups is 1. The minimum Gasteiger partial charge on any atom is -0.497 e. The topological polar surface area (TPSA) is 80.7 Å². The van der Waals surface area contributed by atoms with Gasteiger partial charge in [0.15, 0.2) is 0 Å². The van der Waals surface area contributed by atoms with Crippen LogP contribution in [0.5, 0.6) is 11.5 Å². The van der Waals surface area contributed by atoms with Crippen molar-refractivity contribution >= 4 is 29.1 Å². The Labute approximate surface area is 227 Å². The third-order valence-electron chi connectivity index (χ3n) is 6.35. The summed E-state index contributed by atoms with van der Waals surface area (Å²) in [5.41, 5.74) is 2.73. The largest absolute Gasteiger partial charge is 0.497 e. The average molecular weight is 536 g/mol. The first-order valence-corrected chi connectivity index (χ1v) is 12.5. The third-order valence-corrected chi connectivity index (χ3v) is 6.68. The van der Waals surface area contributed by atoms with Gasteiger partial charge in [-0.15, -0.1) is 0 Å². The van der Waals surface area contributed by atoms with Gasteiger partial charge in [-0.2, -0.15) is 5.10 Å². The van der Waals surface area contributed by atoms with Crippen LogP contribution in [-0.2, 0) is 9.53 Å². The number of para-hydroxylation sites is 1. The Morgan fingerprint density at radius 2 is 1.76 bits per heavy atom. The number of ether oxygens (including phenoxy) is 3. The van der Waals surface area contributed by atoms with Crippen molar-refractivity contribution in [1.29, 1.82) is 0 Å². The van der Waals surface area contributed by atoms with Crippen LogP contribution in [0, 0.1) is 0 Å². The van der Waals surface area contributed by atoms with E-state index < -0.39 is 6.04 Å². The van der Waals surface area contributed by atoms with E-state index in [0.29, 0.717) is 28.5 Å². The van der Waals surface area contributed by atoms with Gasteiger partial charge in [-0.25, -0.2) is 5.01 Å². The van der Waals surface area contributed by atoms with Crippen molar-refractivity contribution in [3.63, 3.8) is 0 Å². The molecule has 3 aromatic carbocycles. The summed E-state index contributed by atoms with van der Waals surface area (Å²) in [6.45, 7) is 0.275. The third kappa shape index (κ3) is 5.98. The normalized spacial score (nSPS) is 14.7. The van der Waals surface area contributed by atoms with Crippen LogP contribution in [0.4, 0.5) is 0 Å². The van der Waals surface area contributed by atoms with Crippen molar-refractivity contribution in [2.45, 2.75) is 12.5 Å². The van der Waals surface area contributed by atoms with Gasteiger partial charge in [0.25, 0.3) is 11.8 Å². The molecule has 0 spiro atoms. The van der Waals surface area contributed by atoms with E-state index in [1.54, 1.807) is 45.6 Å². The lowest BCUT2D eigenvalue weighted by molar-refractivity contribution is -0.133. The molecule has 0 saturated heterocycles. The number of methoxy groups -OCH3 is 3. The van der Waals surface area contributed by atoms with Gasteiger partial charge in [-0.05, 0) is 30.3 Å². The quantitative estimate of drug-likeness (QED) is 0.372. The first-order chi connectivity index (χ1) is 18.5. The molecule has 8 nitrogen and oxygen atoms in total. The number of nitrogens with zero attached hydrogens (tertiary/aromatic N) is 3. The number of hydrogen-bond donors (Lipinski definition) is 0. The van der Waals surface area contributed by atoms with Crippen molar-refractivity contribution in [3.05, 3.63) is 94.5 Å². The summed E-state index contributed by atoms with van der Waals surface area (Å²) in [6.07, 6.45) is 0.468. The Kier molecular flexibility index (Phi) is 8.99. The summed E-state index contributed by atoms with van der Waals surface area (Å²) >= 11 is 6.29. The highest BCUT2D eigenvalue weighted by Gasteiger charge is 2.36. The molecule has 0 aliphatic carbocycles. The number of carbonyl (C=O) groups is 2. The van der Waals surface area contributed by atoms with E-state index in [2.05, 4.69) is 0 Å². The Hall–Kier alpha value is -3.88. The smallest absolute Gasteiger partial charge is 0.262 e. The number of rotatable bonds is 10. The molecule has 1 aliphatic heterocycles. The summed E-state index contributed by atoms with van der Waals surface area (Å²) in [6, 6.07) is 21.5. The van der Waals surface area contributed by atoms with E-state index in [0.717, 1.165) is 16.8 Å². The van der Waals surface area contributed by atoms with Crippen molar-refractivity contribution in [3.8, 4) is 11.5 Å². The molecule has 0 radical (unpaired) electrons. The molecule has 1 unspecified atom stereocenters. The summed E-state index contributed by atoms with van der Waals surface area (Å²) < 4.78 is 16.2. The predicted molar refractivity (Wildman–Crippen MR) is 146 cm³/mol. The number of halogens is 1. The van der Waals surface area contributed by atoms with Crippen molar-refractivity contribution < 1.29 is 23.8 Å². The summed E-state index contributed by atoms with van der Waals surface area (Å²) in [5.74, 6) is 0.655. The highest BCUT2D eigenvalue weighted by molar-refractivity contribution is 6.33. The fourth-order valence-electron chi connectivity index (χ4n) is 4.40. The van der Waals surface area contributed by atoms with Crippen LogP contribution in [0.2, 0.25) is 5.02 Å². The molecule has 0 aromatic heterocycles. The van der Waals surface area contributed by atoms with E-state index in [4.69, 9.17) is 30.9 Å². The number of carbonyl (C=O) groups excluding carboxylic acids is 2. The van der Waals surface area contributed by atoms with E-state index in [1.807, 2.05) is 48.5 Å². The second-order valence-electron chi connectivity index (χ2n) is 8.68. The molecule has 1 heterocycles. The zero-order valence-corrected chi connectivity index (χ0v) is 22.4. The van der Waals surface area contributed by atoms with Gasteiger partial charge in [-0.1, -0.05) is 54.1 Å². The second-order valence-corrected chi connectivity index (χ2v) is 9.09. The monoisotopic (exact) mass is 535 g/mol. The van der Waals surface area contributed by atoms with Gasteiger partial charge in [0.05, 0.1) is 43.2 Å². The molecule has 2 amide bonds. The molecule has 0 saturated carbocycles. The van der Waals surface area contributed by atoms with Gasteiger partial charge in [-0.3, -0.25) is 9.59 Å². The fourth-order valence-corrected chi connectivity index (χ4v) is 4.61. The van der Waals surface area contributed by atoms with Crippen molar-refractivity contribution in [1.82, 2.24) is 9.91 Å². The van der Waals surface area contributed by atoms with Gasteiger partial charge in [0.2, 0.25) is 0 Å². The number of amides is 2. The lowest BCUT2D eigenvalue weighted by atomic mass is 9.97. The summed E-state index contributed by atoms with van der Waals surface area (Å²) in [4.78, 5) is 28.6. The van der Waals surface area contributed by atoms with Crippen molar-refractivity contribution in [2.24, 2.45) is 5.10 Å². The molecule has 0 fully saturated rings. The van der Waals surface area contributed by atoms with E-state index >= 15 is 0 Å². The maximum absolute atomic E-state index is 13.8. The Morgan fingerprint density at radius 3 is 2.50 bits per heavy atom. The Bertz CT molecular complexity index is 1330. The van der Waals surface area contributed by atoms with Crippen LogP contribution in [0.3, 0.4) is 0 Å². The SMILES string of the molecule is COCCN(CC(=O)N1N=C(c2cccc(OC)c2)CC1c1ccccc1OC)C(=O)c1ccccc1Cl. The predicted octanol–water partition coefficient (Wildman–Crippen LogP) is 4.82. The molecule has 198 valence electrons. The second kappa shape index (κ2) is 12.6. The number of benzene rings is 3. The molecule has 0 bridgehead atoms. The first-order valence-electron chi connectivity index (χ1n) is 12.2.